The number of ether oxygens (including phenoxy) is 1. The molecule has 1 aromatic rings. The summed E-state index contributed by atoms with van der Waals surface area (Å²) in [5, 5.41) is 4.47. The van der Waals surface area contributed by atoms with Gasteiger partial charge in [-0.3, -0.25) is 9.79 Å². The Kier molecular flexibility index (Phi) is 5.71. The van der Waals surface area contributed by atoms with Crippen LogP contribution in [0.15, 0.2) is 20.6 Å². The predicted molar refractivity (Wildman–Crippen MR) is 111 cm³/mol. The number of amidine groups is 1. The number of nitrogens with zero attached hydrogens (tertiary/aromatic N) is 3. The van der Waals surface area contributed by atoms with Crippen LogP contribution in [0.3, 0.4) is 0 Å². The van der Waals surface area contributed by atoms with Crippen LogP contribution in [0, 0.1) is 12.8 Å². The zero-order valence-electron chi connectivity index (χ0n) is 17.0. The van der Waals surface area contributed by atoms with E-state index in [-0.39, 0.29) is 23.3 Å². The summed E-state index contributed by atoms with van der Waals surface area (Å²) in [4.78, 5) is 22.8. The normalized spacial score (nSPS) is 31.2. The Morgan fingerprint density at radius 3 is 2.90 bits per heavy atom. The van der Waals surface area contributed by atoms with Crippen molar-refractivity contribution < 1.29 is 27.1 Å². The number of oxazole rings is 1. The minimum atomic E-state index is -4.82. The number of fused-ring (bicyclic) bond motifs is 1. The molecule has 170 valence electrons. The molecule has 0 bridgehead atoms. The van der Waals surface area contributed by atoms with Crippen molar-refractivity contribution in [2.45, 2.75) is 43.5 Å². The first kappa shape index (κ1) is 22.3. The van der Waals surface area contributed by atoms with Gasteiger partial charge < -0.3 is 25.1 Å². The molecular weight excluding hydrogens is 455 g/mol. The predicted octanol–water partition coefficient (Wildman–Crippen LogP) is 2.76. The van der Waals surface area contributed by atoms with E-state index in [1.807, 2.05) is 6.92 Å². The molecule has 3 aliphatic heterocycles. The van der Waals surface area contributed by atoms with Crippen LogP contribution in [0.5, 0.6) is 0 Å². The van der Waals surface area contributed by atoms with Crippen molar-refractivity contribution in [2.24, 2.45) is 16.6 Å². The maximum atomic E-state index is 13.2. The van der Waals surface area contributed by atoms with Gasteiger partial charge in [0.2, 0.25) is 5.76 Å². The third-order valence-electron chi connectivity index (χ3n) is 5.59. The van der Waals surface area contributed by atoms with Gasteiger partial charge in [-0.25, -0.2) is 4.98 Å². The van der Waals surface area contributed by atoms with Gasteiger partial charge >= 0.3 is 6.18 Å². The number of nitrogens with one attached hydrogen (secondary N) is 1. The molecule has 4 rings (SSSR count). The quantitative estimate of drug-likeness (QED) is 0.685. The van der Waals surface area contributed by atoms with E-state index in [1.54, 1.807) is 17.4 Å². The second-order valence-corrected chi connectivity index (χ2v) is 9.77. The Morgan fingerprint density at radius 2 is 2.19 bits per heavy atom. The fraction of sp³-hybridized carbons (Fsp3) is 0.611. The molecule has 0 aliphatic carbocycles. The van der Waals surface area contributed by atoms with E-state index >= 15 is 0 Å². The summed E-state index contributed by atoms with van der Waals surface area (Å²) in [6.45, 7) is 3.65. The molecule has 0 spiro atoms. The molecular formula is C18H22F3N5O3S2. The smallest absolute Gasteiger partial charge is 0.436 e. The maximum Gasteiger partial charge on any atom is 0.452 e. The number of hydrogen-bond acceptors (Lipinski definition) is 9. The van der Waals surface area contributed by atoms with Crippen molar-refractivity contribution >= 4 is 34.6 Å². The van der Waals surface area contributed by atoms with Crippen LogP contribution in [0.1, 0.15) is 35.5 Å². The van der Waals surface area contributed by atoms with E-state index < -0.39 is 29.1 Å². The first-order valence-electron chi connectivity index (χ1n) is 9.55. The molecule has 13 heteroatoms. The fourth-order valence-corrected chi connectivity index (χ4v) is 6.46. The number of carbonyl (C=O) groups excluding carboxylic acids is 1. The number of alkyl halides is 3. The summed E-state index contributed by atoms with van der Waals surface area (Å²) in [6.07, 6.45) is -3.90. The zero-order valence-corrected chi connectivity index (χ0v) is 18.7. The zero-order chi connectivity index (χ0) is 22.6. The number of rotatable bonds is 3. The van der Waals surface area contributed by atoms with Gasteiger partial charge in [0.15, 0.2) is 16.8 Å². The Bertz CT molecular complexity index is 950. The number of aliphatic imine (C=N–C) groups is 1. The largest absolute Gasteiger partial charge is 0.452 e. The summed E-state index contributed by atoms with van der Waals surface area (Å²) in [7, 11) is 1.76. The standard InChI is InChI=1S/C18H22F3N5O3S2/c1-8-4-10-5-31-16(22)25-17(10,7-28-8)15-26(3)11(6-30-15)24-14(27)12-13(18(19,20)21)29-9(2)23-12/h6,8,10,15H,4-5,7H2,1-3H3,(H2,22,25)(H,24,27)/t8-,10-,15?,17-/m0/s1. The Balaban J connectivity index is 1.55. The van der Waals surface area contributed by atoms with Gasteiger partial charge in [-0.05, 0) is 13.3 Å². The molecule has 8 nitrogen and oxygen atoms in total. The van der Waals surface area contributed by atoms with Crippen LogP contribution >= 0.6 is 23.5 Å². The van der Waals surface area contributed by atoms with Gasteiger partial charge in [0.25, 0.3) is 5.91 Å². The minimum absolute atomic E-state index is 0.105. The lowest BCUT2D eigenvalue weighted by atomic mass is 9.79. The number of likely N-dealkylation sites (N-methyl/N-ethyl adjacent to an activating group) is 1. The van der Waals surface area contributed by atoms with Gasteiger partial charge in [0.05, 0.1) is 12.7 Å². The lowest BCUT2D eigenvalue weighted by molar-refractivity contribution is -0.153. The molecule has 31 heavy (non-hydrogen) atoms. The van der Waals surface area contributed by atoms with Crippen LogP contribution in [0.2, 0.25) is 0 Å². The fourth-order valence-electron chi connectivity index (χ4n) is 4.10. The van der Waals surface area contributed by atoms with Gasteiger partial charge in [0, 0.05) is 31.1 Å². The van der Waals surface area contributed by atoms with Gasteiger partial charge in [0.1, 0.15) is 16.7 Å². The van der Waals surface area contributed by atoms with E-state index in [2.05, 4.69) is 14.7 Å². The van der Waals surface area contributed by atoms with Crippen molar-refractivity contribution in [3.05, 3.63) is 28.6 Å². The molecule has 1 fully saturated rings. The van der Waals surface area contributed by atoms with Crippen molar-refractivity contribution in [3.63, 3.8) is 0 Å². The lowest BCUT2D eigenvalue weighted by Crippen LogP contribution is -2.61. The number of aryl methyl sites for hydroxylation is 1. The summed E-state index contributed by atoms with van der Waals surface area (Å²) < 4.78 is 50.1. The van der Waals surface area contributed by atoms with E-state index in [1.165, 1.54) is 30.4 Å². The Labute approximate surface area is 185 Å². The van der Waals surface area contributed by atoms with Gasteiger partial charge in [-0.1, -0.05) is 11.8 Å². The van der Waals surface area contributed by atoms with Gasteiger partial charge in [-0.15, -0.1) is 11.8 Å². The van der Waals surface area contributed by atoms with E-state index in [0.29, 0.717) is 17.6 Å². The second-order valence-electron chi connectivity index (χ2n) is 7.77. The number of halogens is 3. The van der Waals surface area contributed by atoms with Gasteiger partial charge in [-0.2, -0.15) is 13.2 Å². The first-order valence-corrected chi connectivity index (χ1v) is 11.5. The number of thioether (sulfide) groups is 2. The molecule has 0 saturated carbocycles. The highest BCUT2D eigenvalue weighted by atomic mass is 32.2. The van der Waals surface area contributed by atoms with E-state index in [4.69, 9.17) is 15.5 Å². The SMILES string of the molecule is Cc1nc(C(=O)NC2=CSC([C@]34CO[C@@H](C)C[C@H]3CSC(N)=N4)N2C)c(C(F)(F)F)o1. The minimum Gasteiger partial charge on any atom is -0.436 e. The third kappa shape index (κ3) is 4.02. The van der Waals surface area contributed by atoms with Crippen LogP contribution < -0.4 is 11.1 Å². The molecule has 3 N–H and O–H groups in total. The average Bonchev–Trinajstić information content (AvgIpc) is 3.25. The number of carbonyl (C=O) groups is 1. The molecule has 0 aromatic carbocycles. The summed E-state index contributed by atoms with van der Waals surface area (Å²) in [6, 6.07) is 0. The van der Waals surface area contributed by atoms with Crippen molar-refractivity contribution in [3.8, 4) is 0 Å². The molecule has 1 unspecified atom stereocenters. The average molecular weight is 478 g/mol. The van der Waals surface area contributed by atoms with E-state index in [9.17, 15) is 18.0 Å². The van der Waals surface area contributed by atoms with Crippen LogP contribution in [-0.4, -0.2) is 57.4 Å². The summed E-state index contributed by atoms with van der Waals surface area (Å²) in [5.41, 5.74) is 4.63. The number of hydrogen-bond donors (Lipinski definition) is 2. The highest BCUT2D eigenvalue weighted by Crippen LogP contribution is 2.48. The van der Waals surface area contributed by atoms with Crippen molar-refractivity contribution in [1.82, 2.24) is 15.2 Å². The summed E-state index contributed by atoms with van der Waals surface area (Å²) >= 11 is 2.94. The molecule has 4 atom stereocenters. The third-order valence-corrected chi connectivity index (χ3v) is 7.89. The molecule has 1 saturated heterocycles. The van der Waals surface area contributed by atoms with Crippen molar-refractivity contribution in [1.29, 1.82) is 0 Å². The van der Waals surface area contributed by atoms with Crippen LogP contribution in [0.25, 0.3) is 0 Å². The number of nitrogens with two attached hydrogens (primary N) is 1. The Morgan fingerprint density at radius 1 is 1.45 bits per heavy atom. The number of aromatic nitrogens is 1. The molecule has 0 radical (unpaired) electrons. The highest BCUT2D eigenvalue weighted by molar-refractivity contribution is 8.13. The first-order chi connectivity index (χ1) is 14.5. The molecule has 4 heterocycles. The van der Waals surface area contributed by atoms with Crippen LogP contribution in [-0.2, 0) is 10.9 Å². The second kappa shape index (κ2) is 7.93. The van der Waals surface area contributed by atoms with E-state index in [0.717, 1.165) is 12.2 Å². The monoisotopic (exact) mass is 477 g/mol. The topological polar surface area (TPSA) is 106 Å². The molecule has 3 aliphatic rings. The number of amides is 1. The molecule has 1 amide bonds. The Hall–Kier alpha value is -1.86. The summed E-state index contributed by atoms with van der Waals surface area (Å²) in [5.74, 6) is -1.27. The molecule has 1 aromatic heterocycles. The highest BCUT2D eigenvalue weighted by Gasteiger charge is 2.54. The lowest BCUT2D eigenvalue weighted by Gasteiger charge is -2.50. The van der Waals surface area contributed by atoms with Crippen molar-refractivity contribution in [2.75, 3.05) is 19.4 Å². The maximum absolute atomic E-state index is 13.2. The van der Waals surface area contributed by atoms with Crippen LogP contribution in [0.4, 0.5) is 13.2 Å².